The topological polar surface area (TPSA) is 83.8 Å². The van der Waals surface area contributed by atoms with Crippen molar-refractivity contribution in [1.82, 2.24) is 0 Å². The first-order valence-corrected chi connectivity index (χ1v) is 3.74. The number of hydrogen-bond donors (Lipinski definition) is 2. The fraction of sp³-hybridized carbons (Fsp3) is 0.667. The van der Waals surface area contributed by atoms with Crippen LogP contribution < -0.4 is 0 Å². The van der Waals surface area contributed by atoms with Crippen LogP contribution in [0.25, 0.3) is 0 Å². The van der Waals surface area contributed by atoms with E-state index in [4.69, 9.17) is 10.2 Å². The molecule has 5 nitrogen and oxygen atoms in total. The van der Waals surface area contributed by atoms with Crippen molar-refractivity contribution in [3.63, 3.8) is 0 Å². The number of aliphatic carboxylic acids is 1. The van der Waals surface area contributed by atoms with Crippen LogP contribution in [0.1, 0.15) is 13.8 Å². The molecule has 0 aliphatic rings. The largest absolute Gasteiger partial charge is 0.506 e. The maximum Gasteiger partial charge on any atom is 0.506 e. The Morgan fingerprint density at radius 2 is 1.83 bits per heavy atom. The second-order valence-corrected chi connectivity index (χ2v) is 4.41. The maximum atomic E-state index is 10.5. The Kier molecular flexibility index (Phi) is 3.46. The molecule has 0 amide bonds. The van der Waals surface area contributed by atoms with Crippen molar-refractivity contribution >= 4 is 21.4 Å². The fourth-order valence-electron chi connectivity index (χ4n) is 0.621. The minimum atomic E-state index is -1.59. The summed E-state index contributed by atoms with van der Waals surface area (Å²) in [5, 5.41) is 15.9. The maximum absolute atomic E-state index is 10.5. The highest BCUT2D eigenvalue weighted by molar-refractivity contribution is 7.19. The van der Waals surface area contributed by atoms with E-state index in [1.807, 2.05) is 0 Å². The van der Waals surface area contributed by atoms with Gasteiger partial charge in [-0.1, -0.05) is 13.8 Å². The number of carbonyl (C=O) groups is 2. The number of hydrogen-bond acceptors (Lipinski definition) is 3. The SMILES string of the molecule is CC(C)(P)C(OC(=O)O)C(=O)O. The van der Waals surface area contributed by atoms with Gasteiger partial charge in [0.15, 0.2) is 0 Å². The summed E-state index contributed by atoms with van der Waals surface area (Å²) in [6.07, 6.45) is -2.95. The highest BCUT2D eigenvalue weighted by atomic mass is 31.0. The molecule has 0 radical (unpaired) electrons. The van der Waals surface area contributed by atoms with E-state index in [1.54, 1.807) is 13.8 Å². The van der Waals surface area contributed by atoms with E-state index in [0.29, 0.717) is 0 Å². The predicted molar refractivity (Wildman–Crippen MR) is 44.3 cm³/mol. The van der Waals surface area contributed by atoms with Gasteiger partial charge in [-0.15, -0.1) is 9.24 Å². The molecule has 0 saturated heterocycles. The van der Waals surface area contributed by atoms with E-state index in [2.05, 4.69) is 14.0 Å². The van der Waals surface area contributed by atoms with Gasteiger partial charge in [-0.05, 0) is 0 Å². The van der Waals surface area contributed by atoms with Gasteiger partial charge < -0.3 is 14.9 Å². The minimum Gasteiger partial charge on any atom is -0.478 e. The summed E-state index contributed by atoms with van der Waals surface area (Å²) in [7, 11) is 2.22. The molecule has 0 heterocycles. The third kappa shape index (κ3) is 3.53. The van der Waals surface area contributed by atoms with Crippen LogP contribution in [0.2, 0.25) is 0 Å². The van der Waals surface area contributed by atoms with Crippen LogP contribution in [-0.2, 0) is 9.53 Å². The van der Waals surface area contributed by atoms with Crippen LogP contribution >= 0.6 is 9.24 Å². The molecule has 2 unspecified atom stereocenters. The van der Waals surface area contributed by atoms with Gasteiger partial charge in [-0.3, -0.25) is 0 Å². The van der Waals surface area contributed by atoms with E-state index in [-0.39, 0.29) is 0 Å². The number of carboxylic acid groups (broad SMARTS) is 2. The summed E-state index contributed by atoms with van der Waals surface area (Å²) in [6, 6.07) is 0. The van der Waals surface area contributed by atoms with Gasteiger partial charge in [0, 0.05) is 5.16 Å². The van der Waals surface area contributed by atoms with Crippen LogP contribution in [0.5, 0.6) is 0 Å². The Morgan fingerprint density at radius 1 is 1.42 bits per heavy atom. The molecular formula is C6H11O5P. The second-order valence-electron chi connectivity index (χ2n) is 2.92. The van der Waals surface area contributed by atoms with E-state index in [0.717, 1.165) is 0 Å². The van der Waals surface area contributed by atoms with Gasteiger partial charge in [0.2, 0.25) is 6.10 Å². The van der Waals surface area contributed by atoms with E-state index >= 15 is 0 Å². The quantitative estimate of drug-likeness (QED) is 0.512. The van der Waals surface area contributed by atoms with Crippen molar-refractivity contribution in [3.8, 4) is 0 Å². The molecule has 0 spiro atoms. The summed E-state index contributed by atoms with van der Waals surface area (Å²) in [5.41, 5.74) is 0. The molecule has 0 aliphatic heterocycles. The Bertz CT molecular complexity index is 195. The van der Waals surface area contributed by atoms with Crippen LogP contribution in [0, 0.1) is 0 Å². The standard InChI is InChI=1S/C6H11O5P/c1-6(2,12)3(4(7)8)11-5(9)10/h3H,12H2,1-2H3,(H,7,8)(H,9,10). The molecule has 70 valence electrons. The molecule has 12 heavy (non-hydrogen) atoms. The Hall–Kier alpha value is -0.830. The predicted octanol–water partition coefficient (Wildman–Crippen LogP) is 0.788. The first kappa shape index (κ1) is 11.2. The van der Waals surface area contributed by atoms with Gasteiger partial charge in [-0.25, -0.2) is 9.59 Å². The number of ether oxygens (including phenoxy) is 1. The zero-order chi connectivity index (χ0) is 9.94. The molecule has 0 rings (SSSR count). The van der Waals surface area contributed by atoms with Crippen LogP contribution in [0.3, 0.4) is 0 Å². The Labute approximate surface area is 71.9 Å². The number of rotatable bonds is 3. The smallest absolute Gasteiger partial charge is 0.478 e. The van der Waals surface area contributed by atoms with Crippen LogP contribution in [-0.4, -0.2) is 33.6 Å². The average Bonchev–Trinajstić information content (AvgIpc) is 1.79. The van der Waals surface area contributed by atoms with Crippen molar-refractivity contribution in [3.05, 3.63) is 0 Å². The molecule has 0 aromatic rings. The molecule has 2 atom stereocenters. The van der Waals surface area contributed by atoms with Gasteiger partial charge in [-0.2, -0.15) is 0 Å². The van der Waals surface area contributed by atoms with Crippen molar-refractivity contribution in [1.29, 1.82) is 0 Å². The third-order valence-corrected chi connectivity index (χ3v) is 1.42. The van der Waals surface area contributed by atoms with Gasteiger partial charge >= 0.3 is 12.1 Å². The summed E-state index contributed by atoms with van der Waals surface area (Å²) in [5.74, 6) is -1.29. The summed E-state index contributed by atoms with van der Waals surface area (Å²) < 4.78 is 4.17. The normalized spacial score (nSPS) is 13.6. The zero-order valence-electron chi connectivity index (χ0n) is 6.77. The summed E-state index contributed by atoms with van der Waals surface area (Å²) in [4.78, 5) is 20.5. The molecule has 6 heteroatoms. The lowest BCUT2D eigenvalue weighted by Gasteiger charge is -2.24. The molecular weight excluding hydrogens is 183 g/mol. The van der Waals surface area contributed by atoms with Gasteiger partial charge in [0.1, 0.15) is 0 Å². The highest BCUT2D eigenvalue weighted by Crippen LogP contribution is 2.24. The summed E-state index contributed by atoms with van der Waals surface area (Å²) >= 11 is 0. The highest BCUT2D eigenvalue weighted by Gasteiger charge is 2.35. The van der Waals surface area contributed by atoms with Crippen molar-refractivity contribution in [2.45, 2.75) is 25.1 Å². The van der Waals surface area contributed by atoms with E-state index < -0.39 is 23.4 Å². The molecule has 2 N–H and O–H groups in total. The molecule has 0 aliphatic carbocycles. The monoisotopic (exact) mass is 194 g/mol. The van der Waals surface area contributed by atoms with Gasteiger partial charge in [0.05, 0.1) is 0 Å². The van der Waals surface area contributed by atoms with E-state index in [1.165, 1.54) is 0 Å². The Balaban J connectivity index is 4.46. The first-order valence-electron chi connectivity index (χ1n) is 3.16. The molecule has 0 bridgehead atoms. The van der Waals surface area contributed by atoms with Gasteiger partial charge in [0.25, 0.3) is 0 Å². The van der Waals surface area contributed by atoms with E-state index in [9.17, 15) is 9.59 Å². The second kappa shape index (κ2) is 3.72. The third-order valence-electron chi connectivity index (χ3n) is 1.12. The Morgan fingerprint density at radius 3 is 1.92 bits per heavy atom. The van der Waals surface area contributed by atoms with Crippen LogP contribution in [0.15, 0.2) is 0 Å². The lowest BCUT2D eigenvalue weighted by atomic mass is 10.1. The molecule has 0 fully saturated rings. The molecule has 0 saturated carbocycles. The van der Waals surface area contributed by atoms with Crippen molar-refractivity contribution in [2.24, 2.45) is 0 Å². The number of carboxylic acids is 1. The average molecular weight is 194 g/mol. The first-order chi connectivity index (χ1) is 5.25. The lowest BCUT2D eigenvalue weighted by molar-refractivity contribution is -0.149. The fourth-order valence-corrected chi connectivity index (χ4v) is 0.832. The zero-order valence-corrected chi connectivity index (χ0v) is 7.93. The minimum absolute atomic E-state index is 0.815. The molecule has 0 aromatic heterocycles. The van der Waals surface area contributed by atoms with Crippen molar-refractivity contribution in [2.75, 3.05) is 0 Å². The molecule has 0 aromatic carbocycles. The lowest BCUT2D eigenvalue weighted by Crippen LogP contribution is -2.40. The van der Waals surface area contributed by atoms with Crippen LogP contribution in [0.4, 0.5) is 4.79 Å². The summed E-state index contributed by atoms with van der Waals surface area (Å²) in [6.45, 7) is 3.11. The van der Waals surface area contributed by atoms with Crippen molar-refractivity contribution < 1.29 is 24.5 Å².